The third kappa shape index (κ3) is 2.26. The first-order valence-electron chi connectivity index (χ1n) is 9.78. The van der Waals surface area contributed by atoms with E-state index in [0.29, 0.717) is 0 Å². The maximum atomic E-state index is 6.24. The minimum atomic E-state index is 0.966. The van der Waals surface area contributed by atoms with Gasteiger partial charge in [-0.15, -0.1) is 0 Å². The Kier molecular flexibility index (Phi) is 3.21. The van der Waals surface area contributed by atoms with E-state index in [1.54, 1.807) is 0 Å². The van der Waals surface area contributed by atoms with Gasteiger partial charge in [0.05, 0.1) is 11.3 Å². The number of para-hydroxylation sites is 4. The molecule has 27 heavy (non-hydrogen) atoms. The summed E-state index contributed by atoms with van der Waals surface area (Å²) in [4.78, 5) is 2.32. The highest BCUT2D eigenvalue weighted by Gasteiger charge is 2.33. The summed E-state index contributed by atoms with van der Waals surface area (Å²) in [5, 5.41) is 0. The number of anilines is 1. The average Bonchev–Trinajstić information content (AvgIpc) is 3.28. The predicted octanol–water partition coefficient (Wildman–Crippen LogP) is 4.80. The second kappa shape index (κ2) is 5.74. The smallest absolute Gasteiger partial charge is 0.377 e. The van der Waals surface area contributed by atoms with E-state index in [2.05, 4.69) is 51.9 Å². The SMILES string of the molecule is C(=C1CCC[n+]2c1oc1ccccc12)C1=C2Oc3ccccc3N2CCC1. The zero-order valence-corrected chi connectivity index (χ0v) is 15.1. The number of oxazole rings is 1. The van der Waals surface area contributed by atoms with Crippen molar-refractivity contribution in [3.8, 4) is 5.75 Å². The molecule has 134 valence electrons. The molecule has 3 aliphatic rings. The highest BCUT2D eigenvalue weighted by molar-refractivity contribution is 5.73. The van der Waals surface area contributed by atoms with Crippen molar-refractivity contribution in [3.05, 3.63) is 72.0 Å². The lowest BCUT2D eigenvalue weighted by molar-refractivity contribution is -0.682. The second-order valence-corrected chi connectivity index (χ2v) is 7.46. The second-order valence-electron chi connectivity index (χ2n) is 7.46. The molecule has 0 amide bonds. The summed E-state index contributed by atoms with van der Waals surface area (Å²) in [5.74, 6) is 2.97. The molecule has 0 radical (unpaired) electrons. The highest BCUT2D eigenvalue weighted by atomic mass is 16.5. The molecule has 0 bridgehead atoms. The van der Waals surface area contributed by atoms with Gasteiger partial charge in [0.1, 0.15) is 0 Å². The summed E-state index contributed by atoms with van der Waals surface area (Å²) in [6, 6.07) is 16.6. The van der Waals surface area contributed by atoms with Crippen molar-refractivity contribution in [1.29, 1.82) is 0 Å². The average molecular weight is 357 g/mol. The van der Waals surface area contributed by atoms with E-state index in [0.717, 1.165) is 61.9 Å². The summed E-state index contributed by atoms with van der Waals surface area (Å²) in [6.07, 6.45) is 6.69. The number of hydrogen-bond donors (Lipinski definition) is 0. The summed E-state index contributed by atoms with van der Waals surface area (Å²) in [6.45, 7) is 2.04. The van der Waals surface area contributed by atoms with Crippen LogP contribution in [0.1, 0.15) is 31.6 Å². The standard InChI is InChI=1S/C23H21N2O2/c1-3-11-20-18(9-1)24-13-5-7-16(22(24)26-20)15-17-8-6-14-25-19-10-2-4-12-21(19)27-23(17)25/h1-4,9-12,15H,5-8,13-14H2/q+1. The quantitative estimate of drug-likeness (QED) is 0.586. The number of hydrogen-bond acceptors (Lipinski definition) is 3. The van der Waals surface area contributed by atoms with E-state index < -0.39 is 0 Å². The van der Waals surface area contributed by atoms with Crippen molar-refractivity contribution in [2.45, 2.75) is 32.2 Å². The van der Waals surface area contributed by atoms with Crippen LogP contribution in [-0.4, -0.2) is 6.54 Å². The number of ether oxygens (including phenoxy) is 1. The van der Waals surface area contributed by atoms with Crippen LogP contribution in [0.25, 0.3) is 16.7 Å². The number of nitrogens with zero attached hydrogens (tertiary/aromatic N) is 2. The van der Waals surface area contributed by atoms with Gasteiger partial charge in [-0.2, -0.15) is 4.57 Å². The van der Waals surface area contributed by atoms with Crippen molar-refractivity contribution < 1.29 is 13.7 Å². The van der Waals surface area contributed by atoms with E-state index in [1.807, 2.05) is 12.1 Å². The van der Waals surface area contributed by atoms with Crippen molar-refractivity contribution in [1.82, 2.24) is 0 Å². The van der Waals surface area contributed by atoms with Crippen LogP contribution in [0.15, 0.2) is 70.5 Å². The molecule has 0 fully saturated rings. The largest absolute Gasteiger partial charge is 0.438 e. The molecule has 0 spiro atoms. The van der Waals surface area contributed by atoms with E-state index in [-0.39, 0.29) is 0 Å². The summed E-state index contributed by atoms with van der Waals surface area (Å²) in [7, 11) is 0. The zero-order chi connectivity index (χ0) is 17.8. The Bertz CT molecular complexity index is 1120. The molecule has 4 nitrogen and oxygen atoms in total. The van der Waals surface area contributed by atoms with Crippen LogP contribution in [0.2, 0.25) is 0 Å². The van der Waals surface area contributed by atoms with Gasteiger partial charge in [-0.1, -0.05) is 24.3 Å². The molecule has 4 heterocycles. The van der Waals surface area contributed by atoms with Gasteiger partial charge in [-0.25, -0.2) is 0 Å². The number of benzene rings is 2. The topological polar surface area (TPSA) is 29.5 Å². The van der Waals surface area contributed by atoms with Crippen LogP contribution < -0.4 is 14.2 Å². The van der Waals surface area contributed by atoms with Crippen LogP contribution in [0.3, 0.4) is 0 Å². The Morgan fingerprint density at radius 3 is 2.85 bits per heavy atom. The first-order chi connectivity index (χ1) is 13.4. The fourth-order valence-electron chi connectivity index (χ4n) is 4.54. The summed E-state index contributed by atoms with van der Waals surface area (Å²) in [5.41, 5.74) is 5.89. The van der Waals surface area contributed by atoms with Gasteiger partial charge in [-0.3, -0.25) is 0 Å². The molecule has 0 atom stereocenters. The monoisotopic (exact) mass is 357 g/mol. The molecule has 3 aliphatic heterocycles. The first kappa shape index (κ1) is 15.1. The Labute approximate surface area is 158 Å². The van der Waals surface area contributed by atoms with E-state index in [9.17, 15) is 0 Å². The maximum absolute atomic E-state index is 6.24. The lowest BCUT2D eigenvalue weighted by Crippen LogP contribution is -2.39. The Morgan fingerprint density at radius 2 is 1.85 bits per heavy atom. The normalized spacial score (nSPS) is 19.9. The van der Waals surface area contributed by atoms with E-state index >= 15 is 0 Å². The molecule has 0 N–H and O–H groups in total. The Morgan fingerprint density at radius 1 is 0.963 bits per heavy atom. The molecule has 0 unspecified atom stereocenters. The van der Waals surface area contributed by atoms with Crippen LogP contribution in [0.5, 0.6) is 5.75 Å². The third-order valence-corrected chi connectivity index (χ3v) is 5.77. The number of aromatic nitrogens is 1. The molecular weight excluding hydrogens is 336 g/mol. The lowest BCUT2D eigenvalue weighted by atomic mass is 9.99. The Hall–Kier alpha value is -3.01. The molecule has 3 aromatic rings. The van der Waals surface area contributed by atoms with Gasteiger partial charge < -0.3 is 14.1 Å². The van der Waals surface area contributed by atoms with Gasteiger partial charge >= 0.3 is 5.89 Å². The summed E-state index contributed by atoms with van der Waals surface area (Å²) < 4.78 is 14.8. The molecule has 4 heteroatoms. The van der Waals surface area contributed by atoms with E-state index in [1.165, 1.54) is 22.4 Å². The van der Waals surface area contributed by atoms with Gasteiger partial charge in [0, 0.05) is 24.6 Å². The number of allylic oxidation sites excluding steroid dienone is 3. The van der Waals surface area contributed by atoms with Gasteiger partial charge in [0.25, 0.3) is 5.52 Å². The first-order valence-corrected chi connectivity index (χ1v) is 9.78. The van der Waals surface area contributed by atoms with Crippen molar-refractivity contribution in [2.75, 3.05) is 11.4 Å². The fraction of sp³-hybridized carbons (Fsp3) is 0.261. The summed E-state index contributed by atoms with van der Waals surface area (Å²) >= 11 is 0. The number of aryl methyl sites for hydroxylation is 1. The van der Waals surface area contributed by atoms with Crippen LogP contribution in [0.4, 0.5) is 5.69 Å². The molecule has 0 saturated carbocycles. The molecule has 1 aromatic heterocycles. The highest BCUT2D eigenvalue weighted by Crippen LogP contribution is 2.43. The zero-order valence-electron chi connectivity index (χ0n) is 15.1. The van der Waals surface area contributed by atoms with Gasteiger partial charge in [0.2, 0.25) is 11.5 Å². The van der Waals surface area contributed by atoms with Crippen LogP contribution in [0, 0.1) is 0 Å². The number of fused-ring (bicyclic) bond motifs is 6. The minimum Gasteiger partial charge on any atom is -0.438 e. The molecular formula is C23H21N2O2+. The molecule has 0 saturated heterocycles. The number of rotatable bonds is 1. The fourth-order valence-corrected chi connectivity index (χ4v) is 4.54. The van der Waals surface area contributed by atoms with E-state index in [4.69, 9.17) is 9.15 Å². The van der Waals surface area contributed by atoms with Gasteiger partial charge in [0.15, 0.2) is 12.3 Å². The predicted molar refractivity (Wildman–Crippen MR) is 104 cm³/mol. The molecule has 6 rings (SSSR count). The van der Waals surface area contributed by atoms with Crippen molar-refractivity contribution in [2.24, 2.45) is 0 Å². The Balaban J connectivity index is 1.47. The van der Waals surface area contributed by atoms with Crippen molar-refractivity contribution in [3.63, 3.8) is 0 Å². The third-order valence-electron chi connectivity index (χ3n) is 5.77. The molecule has 2 aromatic carbocycles. The van der Waals surface area contributed by atoms with Crippen LogP contribution >= 0.6 is 0 Å². The maximum Gasteiger partial charge on any atom is 0.377 e. The lowest BCUT2D eigenvalue weighted by Gasteiger charge is -2.25. The molecule has 0 aliphatic carbocycles. The minimum absolute atomic E-state index is 0.966. The van der Waals surface area contributed by atoms with Gasteiger partial charge in [-0.05, 0) is 43.5 Å². The van der Waals surface area contributed by atoms with Crippen LogP contribution in [-0.2, 0) is 6.54 Å². The van der Waals surface area contributed by atoms with Crippen molar-refractivity contribution >= 4 is 22.4 Å².